The average Bonchev–Trinajstić information content (AvgIpc) is 2.17. The lowest BCUT2D eigenvalue weighted by Crippen LogP contribution is -2.30. The van der Waals surface area contributed by atoms with Crippen LogP contribution >= 0.6 is 11.6 Å². The topological polar surface area (TPSA) is 12.0 Å². The molecule has 0 aromatic heterocycles. The van der Waals surface area contributed by atoms with Gasteiger partial charge in [-0.1, -0.05) is 51.4 Å². The zero-order valence-corrected chi connectivity index (χ0v) is 11.4. The van der Waals surface area contributed by atoms with Crippen molar-refractivity contribution in [3.8, 4) is 0 Å². The minimum atomic E-state index is 0.528. The van der Waals surface area contributed by atoms with E-state index in [9.17, 15) is 0 Å². The van der Waals surface area contributed by atoms with E-state index in [1.165, 1.54) is 5.56 Å². The predicted octanol–water partition coefficient (Wildman–Crippen LogP) is 4.08. The highest BCUT2D eigenvalue weighted by molar-refractivity contribution is 6.30. The largest absolute Gasteiger partial charge is 0.314 e. The van der Waals surface area contributed by atoms with E-state index in [1.807, 2.05) is 12.1 Å². The molecule has 0 aliphatic carbocycles. The molecular formula is C14H22ClN. The van der Waals surface area contributed by atoms with Crippen LogP contribution in [0.4, 0.5) is 0 Å². The Morgan fingerprint density at radius 2 is 1.88 bits per heavy atom. The maximum Gasteiger partial charge on any atom is 0.0408 e. The van der Waals surface area contributed by atoms with Gasteiger partial charge in [0.2, 0.25) is 0 Å². The van der Waals surface area contributed by atoms with Crippen molar-refractivity contribution in [2.24, 2.45) is 5.92 Å². The third-order valence-electron chi connectivity index (χ3n) is 2.83. The molecule has 0 aliphatic rings. The molecule has 0 saturated heterocycles. The van der Waals surface area contributed by atoms with E-state index in [-0.39, 0.29) is 0 Å². The molecule has 1 aromatic rings. The molecule has 1 rings (SSSR count). The highest BCUT2D eigenvalue weighted by Crippen LogP contribution is 2.25. The van der Waals surface area contributed by atoms with Gasteiger partial charge in [0.05, 0.1) is 0 Å². The molecule has 0 aliphatic heterocycles. The number of rotatable bonds is 5. The van der Waals surface area contributed by atoms with Crippen molar-refractivity contribution in [3.05, 3.63) is 34.9 Å². The third kappa shape index (κ3) is 4.15. The van der Waals surface area contributed by atoms with Crippen molar-refractivity contribution in [1.82, 2.24) is 5.32 Å². The number of benzene rings is 1. The SMILES string of the molecule is CC(C)NCC(c1cccc(Cl)c1)C(C)C. The van der Waals surface area contributed by atoms with Gasteiger partial charge in [-0.2, -0.15) is 0 Å². The smallest absolute Gasteiger partial charge is 0.0408 e. The average molecular weight is 240 g/mol. The van der Waals surface area contributed by atoms with Gasteiger partial charge in [-0.3, -0.25) is 0 Å². The molecule has 1 nitrogen and oxygen atoms in total. The maximum atomic E-state index is 6.04. The van der Waals surface area contributed by atoms with Gasteiger partial charge in [0.1, 0.15) is 0 Å². The van der Waals surface area contributed by atoms with Gasteiger partial charge in [0.15, 0.2) is 0 Å². The van der Waals surface area contributed by atoms with Crippen LogP contribution in [0.25, 0.3) is 0 Å². The van der Waals surface area contributed by atoms with Gasteiger partial charge in [-0.25, -0.2) is 0 Å². The molecule has 0 radical (unpaired) electrons. The van der Waals surface area contributed by atoms with Crippen molar-refractivity contribution < 1.29 is 0 Å². The minimum absolute atomic E-state index is 0.528. The van der Waals surface area contributed by atoms with Crippen LogP contribution < -0.4 is 5.32 Å². The molecule has 1 atom stereocenters. The summed E-state index contributed by atoms with van der Waals surface area (Å²) in [6.07, 6.45) is 0. The van der Waals surface area contributed by atoms with Crippen LogP contribution in [0.1, 0.15) is 39.2 Å². The van der Waals surface area contributed by atoms with Gasteiger partial charge in [0.25, 0.3) is 0 Å². The Kier molecular flexibility index (Phi) is 5.30. The summed E-state index contributed by atoms with van der Waals surface area (Å²) < 4.78 is 0. The van der Waals surface area contributed by atoms with E-state index in [4.69, 9.17) is 11.6 Å². The van der Waals surface area contributed by atoms with E-state index >= 15 is 0 Å². The van der Waals surface area contributed by atoms with Crippen LogP contribution in [-0.4, -0.2) is 12.6 Å². The molecule has 0 fully saturated rings. The van der Waals surface area contributed by atoms with Gasteiger partial charge in [0, 0.05) is 17.6 Å². The number of halogens is 1. The molecule has 16 heavy (non-hydrogen) atoms. The standard InChI is InChI=1S/C14H22ClN/c1-10(2)14(9-16-11(3)4)12-6-5-7-13(15)8-12/h5-8,10-11,14,16H,9H2,1-4H3. The van der Waals surface area contributed by atoms with E-state index in [2.05, 4.69) is 45.1 Å². The number of nitrogens with one attached hydrogen (secondary N) is 1. The van der Waals surface area contributed by atoms with Crippen LogP contribution in [0.3, 0.4) is 0 Å². The van der Waals surface area contributed by atoms with Gasteiger partial charge >= 0.3 is 0 Å². The van der Waals surface area contributed by atoms with Gasteiger partial charge in [-0.05, 0) is 29.5 Å². The zero-order chi connectivity index (χ0) is 12.1. The van der Waals surface area contributed by atoms with Crippen molar-refractivity contribution in [1.29, 1.82) is 0 Å². The predicted molar refractivity (Wildman–Crippen MR) is 72.2 cm³/mol. The summed E-state index contributed by atoms with van der Waals surface area (Å²) in [5, 5.41) is 4.33. The normalized spacial score (nSPS) is 13.4. The lowest BCUT2D eigenvalue weighted by molar-refractivity contribution is 0.441. The van der Waals surface area contributed by atoms with Gasteiger partial charge in [-0.15, -0.1) is 0 Å². The van der Waals surface area contributed by atoms with E-state index in [0.29, 0.717) is 17.9 Å². The second-order valence-corrected chi connectivity index (χ2v) is 5.40. The molecule has 2 heteroatoms. The van der Waals surface area contributed by atoms with Crippen molar-refractivity contribution in [2.75, 3.05) is 6.54 Å². The van der Waals surface area contributed by atoms with Crippen LogP contribution in [-0.2, 0) is 0 Å². The van der Waals surface area contributed by atoms with Crippen molar-refractivity contribution >= 4 is 11.6 Å². The van der Waals surface area contributed by atoms with Crippen LogP contribution in [0.15, 0.2) is 24.3 Å². The Hall–Kier alpha value is -0.530. The summed E-state index contributed by atoms with van der Waals surface area (Å²) in [7, 11) is 0. The van der Waals surface area contributed by atoms with E-state index in [1.54, 1.807) is 0 Å². The third-order valence-corrected chi connectivity index (χ3v) is 3.06. The Bertz CT molecular complexity index is 320. The quantitative estimate of drug-likeness (QED) is 0.817. The minimum Gasteiger partial charge on any atom is -0.314 e. The summed E-state index contributed by atoms with van der Waals surface area (Å²) in [5.41, 5.74) is 1.33. The molecule has 1 unspecified atom stereocenters. The fraction of sp³-hybridized carbons (Fsp3) is 0.571. The fourth-order valence-electron chi connectivity index (χ4n) is 1.84. The van der Waals surface area contributed by atoms with Crippen LogP contribution in [0.5, 0.6) is 0 Å². The zero-order valence-electron chi connectivity index (χ0n) is 10.6. The molecule has 90 valence electrons. The highest BCUT2D eigenvalue weighted by Gasteiger charge is 2.16. The second kappa shape index (κ2) is 6.27. The van der Waals surface area contributed by atoms with Crippen molar-refractivity contribution in [2.45, 2.75) is 39.7 Å². The summed E-state index contributed by atoms with van der Waals surface area (Å²) in [6, 6.07) is 8.73. The first-order valence-corrected chi connectivity index (χ1v) is 6.37. The molecule has 0 spiro atoms. The van der Waals surface area contributed by atoms with E-state index in [0.717, 1.165) is 11.6 Å². The van der Waals surface area contributed by atoms with Crippen molar-refractivity contribution in [3.63, 3.8) is 0 Å². The second-order valence-electron chi connectivity index (χ2n) is 4.97. The summed E-state index contributed by atoms with van der Waals surface area (Å²) in [6.45, 7) is 9.88. The van der Waals surface area contributed by atoms with E-state index < -0.39 is 0 Å². The number of hydrogen-bond donors (Lipinski definition) is 1. The van der Waals surface area contributed by atoms with Crippen LogP contribution in [0.2, 0.25) is 5.02 Å². The Balaban J connectivity index is 2.77. The lowest BCUT2D eigenvalue weighted by Gasteiger charge is -2.23. The Morgan fingerprint density at radius 1 is 1.19 bits per heavy atom. The summed E-state index contributed by atoms with van der Waals surface area (Å²) in [4.78, 5) is 0. The molecule has 0 amide bonds. The number of hydrogen-bond acceptors (Lipinski definition) is 1. The lowest BCUT2D eigenvalue weighted by atomic mass is 9.88. The fourth-order valence-corrected chi connectivity index (χ4v) is 2.04. The first-order valence-electron chi connectivity index (χ1n) is 5.99. The molecule has 0 saturated carbocycles. The molecule has 1 aromatic carbocycles. The molecule has 1 N–H and O–H groups in total. The first-order chi connectivity index (χ1) is 7.50. The molecular weight excluding hydrogens is 218 g/mol. The van der Waals surface area contributed by atoms with Crippen LogP contribution in [0, 0.1) is 5.92 Å². The molecule has 0 bridgehead atoms. The summed E-state index contributed by atoms with van der Waals surface area (Å²) >= 11 is 6.04. The highest BCUT2D eigenvalue weighted by atomic mass is 35.5. The Labute approximate surface area is 104 Å². The van der Waals surface area contributed by atoms with Gasteiger partial charge < -0.3 is 5.32 Å². The first kappa shape index (κ1) is 13.5. The monoisotopic (exact) mass is 239 g/mol. The molecule has 0 heterocycles. The summed E-state index contributed by atoms with van der Waals surface area (Å²) in [5.74, 6) is 1.14. The maximum absolute atomic E-state index is 6.04. The Morgan fingerprint density at radius 3 is 2.38 bits per heavy atom.